The van der Waals surface area contributed by atoms with Crippen molar-refractivity contribution in [1.82, 2.24) is 5.32 Å². The van der Waals surface area contributed by atoms with Crippen LogP contribution in [0.3, 0.4) is 0 Å². The number of nitrogens with zero attached hydrogens (tertiary/aromatic N) is 1. The van der Waals surface area contributed by atoms with E-state index in [0.29, 0.717) is 40.7 Å². The predicted molar refractivity (Wildman–Crippen MR) is 136 cm³/mol. The van der Waals surface area contributed by atoms with E-state index in [0.717, 1.165) is 11.8 Å². The van der Waals surface area contributed by atoms with Gasteiger partial charge in [-0.3, -0.25) is 9.10 Å². The smallest absolute Gasteiger partial charge is 0.255 e. The zero-order chi connectivity index (χ0) is 25.2. The number of benzene rings is 3. The summed E-state index contributed by atoms with van der Waals surface area (Å²) in [7, 11) is -2.14. The Morgan fingerprint density at radius 1 is 1.06 bits per heavy atom. The van der Waals surface area contributed by atoms with Crippen molar-refractivity contribution in [3.8, 4) is 22.5 Å². The molecule has 35 heavy (non-hydrogen) atoms. The van der Waals surface area contributed by atoms with Crippen LogP contribution in [0.25, 0.3) is 33.4 Å². The number of nitrogens with one attached hydrogen (secondary N) is 1. The molecule has 3 N–H and O–H groups in total. The van der Waals surface area contributed by atoms with E-state index < -0.39 is 15.8 Å². The van der Waals surface area contributed by atoms with Gasteiger partial charge in [-0.25, -0.2) is 12.8 Å². The van der Waals surface area contributed by atoms with Crippen molar-refractivity contribution in [3.05, 3.63) is 78.1 Å². The lowest BCUT2D eigenvalue weighted by molar-refractivity contribution is 0.0964. The molecule has 1 heterocycles. The van der Waals surface area contributed by atoms with Crippen LogP contribution in [0.15, 0.2) is 71.1 Å². The van der Waals surface area contributed by atoms with Crippen molar-refractivity contribution < 1.29 is 22.0 Å². The molecule has 3 aromatic carbocycles. The Morgan fingerprint density at radius 3 is 2.34 bits per heavy atom. The number of halogens is 1. The summed E-state index contributed by atoms with van der Waals surface area (Å²) in [6.07, 6.45) is 1.60. The molecule has 0 spiro atoms. The van der Waals surface area contributed by atoms with E-state index in [1.54, 1.807) is 12.1 Å². The molecule has 0 aliphatic heterocycles. The number of carbonyl (C=O) groups is 1. The molecule has 0 aliphatic rings. The summed E-state index contributed by atoms with van der Waals surface area (Å²) in [5.74, 6) is -0.523. The number of sulfonamides is 1. The van der Waals surface area contributed by atoms with E-state index in [1.807, 2.05) is 30.3 Å². The Hall–Kier alpha value is -3.69. The van der Waals surface area contributed by atoms with Gasteiger partial charge in [-0.2, -0.15) is 0 Å². The zero-order valence-electron chi connectivity index (χ0n) is 19.4. The number of anilines is 1. The standard InChI is InChI=1S/C26H26FN3O4S/c1-29-26(31)24-21-15-20(17-7-4-3-5-8-17)22(30(14-6-13-28)35(2,32)33)16-23(21)34-25(24)18-9-11-19(27)12-10-18/h3-5,7-12,15-16H,6,13-14,28H2,1-2H3,(H,29,31). The summed E-state index contributed by atoms with van der Waals surface area (Å²) in [5.41, 5.74) is 8.63. The number of nitrogens with two attached hydrogens (primary N) is 1. The average molecular weight is 496 g/mol. The molecule has 0 radical (unpaired) electrons. The molecule has 0 saturated heterocycles. The Bertz CT molecular complexity index is 1470. The number of rotatable bonds is 8. The van der Waals surface area contributed by atoms with Gasteiger partial charge in [0.05, 0.1) is 17.5 Å². The molecule has 182 valence electrons. The van der Waals surface area contributed by atoms with Crippen LogP contribution in [-0.4, -0.2) is 40.7 Å². The maximum atomic E-state index is 13.5. The van der Waals surface area contributed by atoms with E-state index in [9.17, 15) is 17.6 Å². The quantitative estimate of drug-likeness (QED) is 0.377. The monoisotopic (exact) mass is 495 g/mol. The number of hydrogen-bond acceptors (Lipinski definition) is 5. The van der Waals surface area contributed by atoms with Gasteiger partial charge in [0.15, 0.2) is 0 Å². The highest BCUT2D eigenvalue weighted by molar-refractivity contribution is 7.92. The average Bonchev–Trinajstić information content (AvgIpc) is 3.22. The van der Waals surface area contributed by atoms with Gasteiger partial charge in [0, 0.05) is 36.2 Å². The van der Waals surface area contributed by atoms with Crippen molar-refractivity contribution in [2.75, 3.05) is 30.7 Å². The first kappa shape index (κ1) is 24.4. The van der Waals surface area contributed by atoms with Gasteiger partial charge in [-0.05, 0) is 48.9 Å². The number of fused-ring (bicyclic) bond motifs is 1. The summed E-state index contributed by atoms with van der Waals surface area (Å²) >= 11 is 0. The molecule has 4 rings (SSSR count). The lowest BCUT2D eigenvalue weighted by atomic mass is 9.98. The molecular formula is C26H26FN3O4S. The minimum Gasteiger partial charge on any atom is -0.455 e. The number of amides is 1. The second kappa shape index (κ2) is 9.89. The molecule has 0 unspecified atom stereocenters. The van der Waals surface area contributed by atoms with E-state index in [2.05, 4.69) is 5.32 Å². The van der Waals surface area contributed by atoms with E-state index >= 15 is 0 Å². The molecule has 1 amide bonds. The Kier molecular flexibility index (Phi) is 6.90. The molecule has 0 atom stereocenters. The van der Waals surface area contributed by atoms with Crippen LogP contribution in [-0.2, 0) is 10.0 Å². The van der Waals surface area contributed by atoms with Gasteiger partial charge >= 0.3 is 0 Å². The first-order chi connectivity index (χ1) is 16.7. The molecule has 0 bridgehead atoms. The molecule has 9 heteroatoms. The highest BCUT2D eigenvalue weighted by Gasteiger charge is 2.27. The maximum absolute atomic E-state index is 13.5. The number of hydrogen-bond donors (Lipinski definition) is 2. The third kappa shape index (κ3) is 4.91. The Labute approximate surface area is 203 Å². The first-order valence-electron chi connectivity index (χ1n) is 11.1. The van der Waals surface area contributed by atoms with Crippen LogP contribution in [0.2, 0.25) is 0 Å². The van der Waals surface area contributed by atoms with E-state index in [1.165, 1.54) is 35.6 Å². The molecule has 4 aromatic rings. The molecule has 1 aromatic heterocycles. The number of furan rings is 1. The van der Waals surface area contributed by atoms with Crippen molar-refractivity contribution in [2.24, 2.45) is 5.73 Å². The Balaban J connectivity index is 2.06. The number of carbonyl (C=O) groups excluding carboxylic acids is 1. The van der Waals surface area contributed by atoms with Crippen LogP contribution in [0.1, 0.15) is 16.8 Å². The van der Waals surface area contributed by atoms with Gasteiger partial charge in [0.25, 0.3) is 5.91 Å². The predicted octanol–water partition coefficient (Wildman–Crippen LogP) is 4.38. The minimum absolute atomic E-state index is 0.189. The summed E-state index contributed by atoms with van der Waals surface area (Å²) in [4.78, 5) is 13.0. The minimum atomic E-state index is -3.66. The molecule has 0 aliphatic carbocycles. The SMILES string of the molecule is CNC(=O)c1c(-c2ccc(F)cc2)oc2cc(N(CCCN)S(C)(=O)=O)c(-c3ccccc3)cc12. The lowest BCUT2D eigenvalue weighted by Crippen LogP contribution is -2.32. The summed E-state index contributed by atoms with van der Waals surface area (Å²) in [6, 6.07) is 18.3. The summed E-state index contributed by atoms with van der Waals surface area (Å²) < 4.78 is 46.6. The van der Waals surface area contributed by atoms with Crippen molar-refractivity contribution >= 4 is 32.6 Å². The fraction of sp³-hybridized carbons (Fsp3) is 0.192. The second-order valence-electron chi connectivity index (χ2n) is 8.10. The fourth-order valence-electron chi connectivity index (χ4n) is 4.04. The van der Waals surface area contributed by atoms with Crippen molar-refractivity contribution in [1.29, 1.82) is 0 Å². The topological polar surface area (TPSA) is 106 Å². The van der Waals surface area contributed by atoms with E-state index in [4.69, 9.17) is 10.2 Å². The molecule has 7 nitrogen and oxygen atoms in total. The second-order valence-corrected chi connectivity index (χ2v) is 10.0. The highest BCUT2D eigenvalue weighted by atomic mass is 32.2. The van der Waals surface area contributed by atoms with Crippen LogP contribution < -0.4 is 15.4 Å². The van der Waals surface area contributed by atoms with Gasteiger partial charge in [0.2, 0.25) is 10.0 Å². The Morgan fingerprint density at radius 2 is 1.74 bits per heavy atom. The normalized spacial score (nSPS) is 11.5. The summed E-state index contributed by atoms with van der Waals surface area (Å²) in [5, 5.41) is 3.15. The zero-order valence-corrected chi connectivity index (χ0v) is 20.2. The van der Waals surface area contributed by atoms with Gasteiger partial charge in [0.1, 0.15) is 17.2 Å². The van der Waals surface area contributed by atoms with Crippen molar-refractivity contribution in [2.45, 2.75) is 6.42 Å². The van der Waals surface area contributed by atoms with Crippen molar-refractivity contribution in [3.63, 3.8) is 0 Å². The first-order valence-corrected chi connectivity index (χ1v) is 12.9. The fourth-order valence-corrected chi connectivity index (χ4v) is 5.01. The van der Waals surface area contributed by atoms with Gasteiger partial charge in [-0.1, -0.05) is 30.3 Å². The lowest BCUT2D eigenvalue weighted by Gasteiger charge is -2.25. The van der Waals surface area contributed by atoms with Gasteiger partial charge < -0.3 is 15.5 Å². The third-order valence-corrected chi connectivity index (χ3v) is 6.87. The maximum Gasteiger partial charge on any atom is 0.255 e. The van der Waals surface area contributed by atoms with Crippen LogP contribution in [0.5, 0.6) is 0 Å². The van der Waals surface area contributed by atoms with Crippen LogP contribution >= 0.6 is 0 Å². The van der Waals surface area contributed by atoms with E-state index in [-0.39, 0.29) is 23.8 Å². The van der Waals surface area contributed by atoms with Crippen LogP contribution in [0.4, 0.5) is 10.1 Å². The van der Waals surface area contributed by atoms with Crippen LogP contribution in [0, 0.1) is 5.82 Å². The molecular weight excluding hydrogens is 469 g/mol. The third-order valence-electron chi connectivity index (χ3n) is 5.69. The molecule has 0 saturated carbocycles. The highest BCUT2D eigenvalue weighted by Crippen LogP contribution is 2.41. The summed E-state index contributed by atoms with van der Waals surface area (Å²) in [6.45, 7) is 0.514. The molecule has 0 fully saturated rings. The van der Waals surface area contributed by atoms with Gasteiger partial charge in [-0.15, -0.1) is 0 Å². The largest absolute Gasteiger partial charge is 0.455 e.